The second-order valence-corrected chi connectivity index (χ2v) is 5.61. The lowest BCUT2D eigenvalue weighted by Gasteiger charge is -2.33. The Kier molecular flexibility index (Phi) is 3.33. The number of carbonyl (C=O) groups is 1. The van der Waals surface area contributed by atoms with Crippen molar-refractivity contribution in [3.63, 3.8) is 0 Å². The SMILES string of the molecule is C=C1CN(C(=O)c2cnn(-c3ccccn3)c2C(C)C)C1. The van der Waals surface area contributed by atoms with Gasteiger partial charge in [0.05, 0.1) is 17.5 Å². The van der Waals surface area contributed by atoms with Gasteiger partial charge in [-0.05, 0) is 23.6 Å². The van der Waals surface area contributed by atoms with Crippen LogP contribution in [0, 0.1) is 0 Å². The maximum absolute atomic E-state index is 12.6. The molecule has 0 saturated carbocycles. The minimum atomic E-state index is 0.0216. The predicted octanol–water partition coefficient (Wildman–Crippen LogP) is 2.40. The molecule has 1 amide bonds. The van der Waals surface area contributed by atoms with E-state index in [2.05, 4.69) is 30.5 Å². The Hall–Kier alpha value is -2.43. The molecule has 1 saturated heterocycles. The number of amides is 1. The zero-order valence-corrected chi connectivity index (χ0v) is 12.3. The van der Waals surface area contributed by atoms with Crippen molar-refractivity contribution in [1.29, 1.82) is 0 Å². The van der Waals surface area contributed by atoms with E-state index in [4.69, 9.17) is 0 Å². The first-order valence-corrected chi connectivity index (χ1v) is 7.03. The minimum absolute atomic E-state index is 0.0216. The van der Waals surface area contributed by atoms with Crippen molar-refractivity contribution >= 4 is 5.91 Å². The topological polar surface area (TPSA) is 51.0 Å². The van der Waals surface area contributed by atoms with Crippen molar-refractivity contribution in [2.75, 3.05) is 13.1 Å². The number of rotatable bonds is 3. The van der Waals surface area contributed by atoms with E-state index in [1.807, 2.05) is 18.2 Å². The number of carbonyl (C=O) groups excluding carboxylic acids is 1. The molecule has 0 spiro atoms. The van der Waals surface area contributed by atoms with Crippen molar-refractivity contribution in [3.8, 4) is 5.82 Å². The van der Waals surface area contributed by atoms with E-state index < -0.39 is 0 Å². The van der Waals surface area contributed by atoms with Gasteiger partial charge in [0, 0.05) is 19.3 Å². The summed E-state index contributed by atoms with van der Waals surface area (Å²) in [4.78, 5) is 18.7. The van der Waals surface area contributed by atoms with Gasteiger partial charge in [-0.25, -0.2) is 9.67 Å². The maximum Gasteiger partial charge on any atom is 0.257 e. The van der Waals surface area contributed by atoms with Crippen LogP contribution in [0.25, 0.3) is 5.82 Å². The van der Waals surface area contributed by atoms with Crippen LogP contribution in [0.1, 0.15) is 35.8 Å². The molecule has 5 nitrogen and oxygen atoms in total. The van der Waals surface area contributed by atoms with Crippen molar-refractivity contribution in [2.24, 2.45) is 0 Å². The van der Waals surface area contributed by atoms with E-state index in [1.54, 1.807) is 22.0 Å². The van der Waals surface area contributed by atoms with Crippen molar-refractivity contribution in [1.82, 2.24) is 19.7 Å². The Morgan fingerprint density at radius 1 is 1.33 bits per heavy atom. The molecule has 1 aliphatic rings. The van der Waals surface area contributed by atoms with Gasteiger partial charge in [0.2, 0.25) is 0 Å². The molecular formula is C16H18N4O. The van der Waals surface area contributed by atoms with E-state index in [0.717, 1.165) is 17.1 Å². The van der Waals surface area contributed by atoms with E-state index in [1.165, 1.54) is 0 Å². The molecule has 0 radical (unpaired) electrons. The number of hydrogen-bond donors (Lipinski definition) is 0. The minimum Gasteiger partial charge on any atom is -0.330 e. The summed E-state index contributed by atoms with van der Waals surface area (Å²) >= 11 is 0. The van der Waals surface area contributed by atoms with Gasteiger partial charge < -0.3 is 4.90 Å². The number of nitrogens with zero attached hydrogens (tertiary/aromatic N) is 4. The molecule has 0 unspecified atom stereocenters. The van der Waals surface area contributed by atoms with Gasteiger partial charge >= 0.3 is 0 Å². The third-order valence-electron chi connectivity index (χ3n) is 3.57. The van der Waals surface area contributed by atoms with Crippen LogP contribution in [0.3, 0.4) is 0 Å². The molecule has 0 aromatic carbocycles. The van der Waals surface area contributed by atoms with E-state index in [-0.39, 0.29) is 11.8 Å². The molecule has 21 heavy (non-hydrogen) atoms. The molecule has 1 aliphatic heterocycles. The number of pyridine rings is 1. The molecule has 108 valence electrons. The van der Waals surface area contributed by atoms with E-state index in [9.17, 15) is 4.79 Å². The van der Waals surface area contributed by atoms with Gasteiger partial charge in [0.15, 0.2) is 5.82 Å². The molecule has 2 aromatic rings. The normalized spacial score (nSPS) is 14.4. The van der Waals surface area contributed by atoms with Crippen molar-refractivity contribution in [2.45, 2.75) is 19.8 Å². The summed E-state index contributed by atoms with van der Waals surface area (Å²) in [5, 5.41) is 4.37. The summed E-state index contributed by atoms with van der Waals surface area (Å²) < 4.78 is 1.76. The van der Waals surface area contributed by atoms with Crippen LogP contribution in [0.4, 0.5) is 0 Å². The first-order valence-electron chi connectivity index (χ1n) is 7.03. The quantitative estimate of drug-likeness (QED) is 0.812. The maximum atomic E-state index is 12.6. The zero-order chi connectivity index (χ0) is 15.0. The average Bonchev–Trinajstić information content (AvgIpc) is 2.89. The molecule has 1 fully saturated rings. The Morgan fingerprint density at radius 3 is 2.67 bits per heavy atom. The average molecular weight is 282 g/mol. The van der Waals surface area contributed by atoms with Crippen LogP contribution < -0.4 is 0 Å². The Labute approximate surface area is 123 Å². The first-order chi connectivity index (χ1) is 10.1. The van der Waals surface area contributed by atoms with Gasteiger partial charge in [-0.2, -0.15) is 5.10 Å². The van der Waals surface area contributed by atoms with Crippen LogP contribution in [-0.4, -0.2) is 38.7 Å². The molecule has 0 aliphatic carbocycles. The molecule has 0 bridgehead atoms. The third-order valence-corrected chi connectivity index (χ3v) is 3.57. The number of aromatic nitrogens is 3. The van der Waals surface area contributed by atoms with Crippen molar-refractivity contribution < 1.29 is 4.79 Å². The zero-order valence-electron chi connectivity index (χ0n) is 12.3. The van der Waals surface area contributed by atoms with E-state index in [0.29, 0.717) is 18.7 Å². The summed E-state index contributed by atoms with van der Waals surface area (Å²) in [7, 11) is 0. The van der Waals surface area contributed by atoms with Crippen LogP contribution in [0.5, 0.6) is 0 Å². The Morgan fingerprint density at radius 2 is 2.10 bits per heavy atom. The Balaban J connectivity index is 2.01. The molecule has 0 N–H and O–H groups in total. The second kappa shape index (κ2) is 5.16. The van der Waals surface area contributed by atoms with E-state index >= 15 is 0 Å². The molecular weight excluding hydrogens is 264 g/mol. The fourth-order valence-electron chi connectivity index (χ4n) is 2.55. The fraction of sp³-hybridized carbons (Fsp3) is 0.312. The first kappa shape index (κ1) is 13.5. The highest BCUT2D eigenvalue weighted by atomic mass is 16.2. The fourth-order valence-corrected chi connectivity index (χ4v) is 2.55. The smallest absolute Gasteiger partial charge is 0.257 e. The molecule has 3 heterocycles. The van der Waals surface area contributed by atoms with Crippen molar-refractivity contribution in [3.05, 3.63) is 54.0 Å². The van der Waals surface area contributed by atoms with Gasteiger partial charge in [0.1, 0.15) is 0 Å². The third kappa shape index (κ3) is 2.35. The largest absolute Gasteiger partial charge is 0.330 e. The van der Waals surface area contributed by atoms with Crippen LogP contribution in [0.2, 0.25) is 0 Å². The summed E-state index contributed by atoms with van der Waals surface area (Å²) in [6.45, 7) is 9.28. The van der Waals surface area contributed by atoms with Gasteiger partial charge in [-0.3, -0.25) is 4.79 Å². The summed E-state index contributed by atoms with van der Waals surface area (Å²) in [5.41, 5.74) is 2.64. The summed E-state index contributed by atoms with van der Waals surface area (Å²) in [5.74, 6) is 0.930. The van der Waals surface area contributed by atoms with Gasteiger partial charge in [0.25, 0.3) is 5.91 Å². The molecule has 2 aromatic heterocycles. The highest BCUT2D eigenvalue weighted by Gasteiger charge is 2.29. The molecule has 5 heteroatoms. The summed E-state index contributed by atoms with van der Waals surface area (Å²) in [6, 6.07) is 5.66. The van der Waals surface area contributed by atoms with Crippen LogP contribution in [-0.2, 0) is 0 Å². The summed E-state index contributed by atoms with van der Waals surface area (Å²) in [6.07, 6.45) is 3.37. The van der Waals surface area contributed by atoms with Gasteiger partial charge in [-0.15, -0.1) is 0 Å². The molecule has 3 rings (SSSR count). The monoisotopic (exact) mass is 282 g/mol. The second-order valence-electron chi connectivity index (χ2n) is 5.61. The lowest BCUT2D eigenvalue weighted by atomic mass is 10.0. The number of hydrogen-bond acceptors (Lipinski definition) is 3. The standard InChI is InChI=1S/C16H18N4O/c1-11(2)15-13(16(21)19-9-12(3)10-19)8-18-20(15)14-6-4-5-7-17-14/h4-8,11H,3,9-10H2,1-2H3. The van der Waals surface area contributed by atoms with Crippen LogP contribution in [0.15, 0.2) is 42.7 Å². The lowest BCUT2D eigenvalue weighted by molar-refractivity contribution is 0.0726. The predicted molar refractivity (Wildman–Crippen MR) is 80.5 cm³/mol. The lowest BCUT2D eigenvalue weighted by Crippen LogP contribution is -2.44. The highest BCUT2D eigenvalue weighted by molar-refractivity contribution is 5.96. The highest BCUT2D eigenvalue weighted by Crippen LogP contribution is 2.25. The number of likely N-dealkylation sites (tertiary alicyclic amines) is 1. The molecule has 0 atom stereocenters. The van der Waals surface area contributed by atoms with Crippen LogP contribution >= 0.6 is 0 Å². The Bertz CT molecular complexity index is 680. The van der Waals surface area contributed by atoms with Gasteiger partial charge in [-0.1, -0.05) is 26.5 Å².